The number of benzene rings is 2. The number of thiazole rings is 1. The number of fused-ring (bicyclic) bond motifs is 1. The van der Waals surface area contributed by atoms with E-state index in [1.807, 2.05) is 48.5 Å². The van der Waals surface area contributed by atoms with Crippen LogP contribution in [0.15, 0.2) is 58.9 Å². The molecule has 0 aliphatic carbocycles. The van der Waals surface area contributed by atoms with Crippen LogP contribution in [0.2, 0.25) is 0 Å². The molecule has 21 heavy (non-hydrogen) atoms. The van der Waals surface area contributed by atoms with Crippen LogP contribution in [0.5, 0.6) is 5.75 Å². The number of aromatic nitrogens is 1. The molecular formula is C16H15NO2S2. The lowest BCUT2D eigenvalue weighted by Gasteiger charge is -2.11. The van der Waals surface area contributed by atoms with Gasteiger partial charge in [-0.25, -0.2) is 4.98 Å². The fourth-order valence-corrected chi connectivity index (χ4v) is 3.84. The van der Waals surface area contributed by atoms with Gasteiger partial charge in [0.05, 0.1) is 16.3 Å². The minimum atomic E-state index is -0.512. The molecule has 0 aliphatic rings. The predicted octanol–water partition coefficient (Wildman–Crippen LogP) is 3.83. The quantitative estimate of drug-likeness (QED) is 0.702. The van der Waals surface area contributed by atoms with Crippen LogP contribution in [0.25, 0.3) is 10.2 Å². The summed E-state index contributed by atoms with van der Waals surface area (Å²) in [5, 5.41) is 9.98. The summed E-state index contributed by atoms with van der Waals surface area (Å²) in [5.74, 6) is 1.36. The van der Waals surface area contributed by atoms with Crippen molar-refractivity contribution in [1.82, 2.24) is 4.98 Å². The van der Waals surface area contributed by atoms with E-state index >= 15 is 0 Å². The second-order valence-electron chi connectivity index (χ2n) is 4.54. The summed E-state index contributed by atoms with van der Waals surface area (Å²) in [6.07, 6.45) is -0.512. The van der Waals surface area contributed by atoms with E-state index in [0.717, 1.165) is 15.6 Å². The highest BCUT2D eigenvalue weighted by Gasteiger charge is 2.09. The number of aliphatic hydroxyl groups is 1. The van der Waals surface area contributed by atoms with Crippen molar-refractivity contribution in [2.24, 2.45) is 0 Å². The first-order chi connectivity index (χ1) is 10.3. The molecule has 0 spiro atoms. The molecular weight excluding hydrogens is 302 g/mol. The molecule has 1 N–H and O–H groups in total. The highest BCUT2D eigenvalue weighted by molar-refractivity contribution is 8.01. The molecule has 1 unspecified atom stereocenters. The maximum atomic E-state index is 9.98. The Kier molecular flexibility index (Phi) is 4.75. The van der Waals surface area contributed by atoms with Gasteiger partial charge in [0, 0.05) is 5.75 Å². The second-order valence-corrected chi connectivity index (χ2v) is 6.83. The average molecular weight is 317 g/mol. The fourth-order valence-electron chi connectivity index (χ4n) is 1.84. The van der Waals surface area contributed by atoms with Crippen molar-refractivity contribution in [3.05, 3.63) is 54.6 Å². The third kappa shape index (κ3) is 3.97. The first-order valence-corrected chi connectivity index (χ1v) is 8.46. The molecule has 0 saturated carbocycles. The Hall–Kier alpha value is -1.56. The van der Waals surface area contributed by atoms with Crippen molar-refractivity contribution in [3.63, 3.8) is 0 Å². The average Bonchev–Trinajstić information content (AvgIpc) is 2.95. The summed E-state index contributed by atoms with van der Waals surface area (Å²) in [6, 6.07) is 17.6. The Morgan fingerprint density at radius 3 is 2.67 bits per heavy atom. The lowest BCUT2D eigenvalue weighted by Crippen LogP contribution is -2.19. The molecule has 0 fully saturated rings. The zero-order valence-electron chi connectivity index (χ0n) is 11.3. The molecule has 0 saturated heterocycles. The Bertz CT molecular complexity index is 667. The standard InChI is InChI=1S/C16H15NO2S2/c18-12(10-19-13-6-2-1-3-7-13)11-20-16-17-14-8-4-5-9-15(14)21-16/h1-9,12,18H,10-11H2. The van der Waals surface area contributed by atoms with E-state index in [2.05, 4.69) is 11.1 Å². The first-order valence-electron chi connectivity index (χ1n) is 6.65. The number of aliphatic hydroxyl groups excluding tert-OH is 1. The Labute approximate surface area is 131 Å². The summed E-state index contributed by atoms with van der Waals surface area (Å²) in [6.45, 7) is 0.294. The van der Waals surface area contributed by atoms with Crippen LogP contribution < -0.4 is 4.74 Å². The molecule has 0 bridgehead atoms. The summed E-state index contributed by atoms with van der Waals surface area (Å²) < 4.78 is 7.69. The van der Waals surface area contributed by atoms with Gasteiger partial charge in [0.15, 0.2) is 4.34 Å². The minimum absolute atomic E-state index is 0.294. The van der Waals surface area contributed by atoms with Crippen molar-refractivity contribution >= 4 is 33.3 Å². The monoisotopic (exact) mass is 317 g/mol. The van der Waals surface area contributed by atoms with E-state index in [1.54, 1.807) is 23.1 Å². The van der Waals surface area contributed by atoms with Gasteiger partial charge in [-0.3, -0.25) is 0 Å². The van der Waals surface area contributed by atoms with E-state index < -0.39 is 6.10 Å². The predicted molar refractivity (Wildman–Crippen MR) is 88.3 cm³/mol. The van der Waals surface area contributed by atoms with Crippen LogP contribution >= 0.6 is 23.1 Å². The number of para-hydroxylation sites is 2. The molecule has 2 aromatic carbocycles. The third-order valence-corrected chi connectivity index (χ3v) is 5.18. The van der Waals surface area contributed by atoms with Gasteiger partial charge in [0.1, 0.15) is 12.4 Å². The Morgan fingerprint density at radius 2 is 1.86 bits per heavy atom. The summed E-state index contributed by atoms with van der Waals surface area (Å²) in [5.41, 5.74) is 1.01. The molecule has 108 valence electrons. The topological polar surface area (TPSA) is 42.4 Å². The number of nitrogens with zero attached hydrogens (tertiary/aromatic N) is 1. The number of hydrogen-bond donors (Lipinski definition) is 1. The van der Waals surface area contributed by atoms with Crippen molar-refractivity contribution in [1.29, 1.82) is 0 Å². The van der Waals surface area contributed by atoms with Crippen molar-refractivity contribution in [3.8, 4) is 5.75 Å². The van der Waals surface area contributed by atoms with Crippen LogP contribution in [0.1, 0.15) is 0 Å². The Morgan fingerprint density at radius 1 is 1.10 bits per heavy atom. The zero-order valence-corrected chi connectivity index (χ0v) is 12.9. The molecule has 1 atom stereocenters. The lowest BCUT2D eigenvalue weighted by molar-refractivity contribution is 0.126. The molecule has 5 heteroatoms. The van der Waals surface area contributed by atoms with Gasteiger partial charge in [-0.2, -0.15) is 0 Å². The van der Waals surface area contributed by atoms with Gasteiger partial charge in [-0.1, -0.05) is 42.1 Å². The number of hydrogen-bond acceptors (Lipinski definition) is 5. The van der Waals surface area contributed by atoms with Crippen LogP contribution in [-0.2, 0) is 0 Å². The molecule has 1 aromatic heterocycles. The van der Waals surface area contributed by atoms with Gasteiger partial charge in [-0.15, -0.1) is 11.3 Å². The highest BCUT2D eigenvalue weighted by atomic mass is 32.2. The number of rotatable bonds is 6. The van der Waals surface area contributed by atoms with Crippen molar-refractivity contribution < 1.29 is 9.84 Å². The Balaban J connectivity index is 1.50. The van der Waals surface area contributed by atoms with Gasteiger partial charge in [0.25, 0.3) is 0 Å². The maximum Gasteiger partial charge on any atom is 0.151 e. The molecule has 3 aromatic rings. The lowest BCUT2D eigenvalue weighted by atomic mass is 10.3. The highest BCUT2D eigenvalue weighted by Crippen LogP contribution is 2.29. The van der Waals surface area contributed by atoms with Gasteiger partial charge in [0.2, 0.25) is 0 Å². The van der Waals surface area contributed by atoms with Crippen LogP contribution in [0, 0.1) is 0 Å². The fraction of sp³-hybridized carbons (Fsp3) is 0.188. The van der Waals surface area contributed by atoms with E-state index in [1.165, 1.54) is 4.70 Å². The van der Waals surface area contributed by atoms with Crippen LogP contribution in [0.4, 0.5) is 0 Å². The van der Waals surface area contributed by atoms with Crippen LogP contribution in [0.3, 0.4) is 0 Å². The third-order valence-electron chi connectivity index (χ3n) is 2.86. The van der Waals surface area contributed by atoms with Crippen molar-refractivity contribution in [2.45, 2.75) is 10.4 Å². The smallest absolute Gasteiger partial charge is 0.151 e. The first kappa shape index (κ1) is 14.4. The van der Waals surface area contributed by atoms with Crippen LogP contribution in [-0.4, -0.2) is 28.6 Å². The van der Waals surface area contributed by atoms with E-state index in [9.17, 15) is 5.11 Å². The van der Waals surface area contributed by atoms with E-state index in [-0.39, 0.29) is 0 Å². The largest absolute Gasteiger partial charge is 0.491 e. The molecule has 0 radical (unpaired) electrons. The maximum absolute atomic E-state index is 9.98. The van der Waals surface area contributed by atoms with E-state index in [0.29, 0.717) is 12.4 Å². The van der Waals surface area contributed by atoms with Gasteiger partial charge in [-0.05, 0) is 24.3 Å². The zero-order chi connectivity index (χ0) is 14.5. The SMILES string of the molecule is OC(COc1ccccc1)CSc1nc2ccccc2s1. The minimum Gasteiger partial charge on any atom is -0.491 e. The van der Waals surface area contributed by atoms with Crippen molar-refractivity contribution in [2.75, 3.05) is 12.4 Å². The normalized spacial score (nSPS) is 12.4. The molecule has 0 amide bonds. The molecule has 0 aliphatic heterocycles. The molecule has 3 rings (SSSR count). The second kappa shape index (κ2) is 6.93. The van der Waals surface area contributed by atoms with E-state index in [4.69, 9.17) is 4.74 Å². The summed E-state index contributed by atoms with van der Waals surface area (Å²) in [7, 11) is 0. The summed E-state index contributed by atoms with van der Waals surface area (Å²) >= 11 is 3.22. The summed E-state index contributed by atoms with van der Waals surface area (Å²) in [4.78, 5) is 4.53. The number of ether oxygens (including phenoxy) is 1. The van der Waals surface area contributed by atoms with Gasteiger partial charge < -0.3 is 9.84 Å². The number of thioether (sulfide) groups is 1. The molecule has 3 nitrogen and oxygen atoms in total. The van der Waals surface area contributed by atoms with Gasteiger partial charge >= 0.3 is 0 Å². The molecule has 1 heterocycles.